The van der Waals surface area contributed by atoms with Gasteiger partial charge in [-0.25, -0.2) is 9.07 Å². The van der Waals surface area contributed by atoms with Gasteiger partial charge >= 0.3 is 0 Å². The fourth-order valence-corrected chi connectivity index (χ4v) is 2.80. The second-order valence-electron chi connectivity index (χ2n) is 5.79. The van der Waals surface area contributed by atoms with E-state index >= 15 is 0 Å². The maximum Gasteiger partial charge on any atom is 0.278 e. The SMILES string of the molecule is Cc1cc(F)ccc1-n1cc(O)c(C(=O)N2CCNC[C@@H]2C)n1. The van der Waals surface area contributed by atoms with Crippen molar-refractivity contribution < 1.29 is 14.3 Å². The summed E-state index contributed by atoms with van der Waals surface area (Å²) in [5, 5.41) is 17.5. The van der Waals surface area contributed by atoms with Gasteiger partial charge in [0.15, 0.2) is 11.4 Å². The first-order valence-corrected chi connectivity index (χ1v) is 7.54. The zero-order valence-corrected chi connectivity index (χ0v) is 13.1. The predicted molar refractivity (Wildman–Crippen MR) is 83.3 cm³/mol. The van der Waals surface area contributed by atoms with Crippen molar-refractivity contribution in [3.05, 3.63) is 41.5 Å². The first-order valence-electron chi connectivity index (χ1n) is 7.54. The summed E-state index contributed by atoms with van der Waals surface area (Å²) in [4.78, 5) is 14.3. The highest BCUT2D eigenvalue weighted by atomic mass is 19.1. The average molecular weight is 318 g/mol. The van der Waals surface area contributed by atoms with Gasteiger partial charge in [0.2, 0.25) is 0 Å². The van der Waals surface area contributed by atoms with Gasteiger partial charge in [0.05, 0.1) is 11.9 Å². The lowest BCUT2D eigenvalue weighted by Crippen LogP contribution is -2.52. The Labute approximate surface area is 133 Å². The fourth-order valence-electron chi connectivity index (χ4n) is 2.80. The number of rotatable bonds is 2. The molecule has 1 aliphatic heterocycles. The van der Waals surface area contributed by atoms with Crippen molar-refractivity contribution in [2.45, 2.75) is 19.9 Å². The van der Waals surface area contributed by atoms with E-state index in [-0.39, 0.29) is 29.2 Å². The molecule has 0 bridgehead atoms. The van der Waals surface area contributed by atoms with Crippen molar-refractivity contribution in [1.82, 2.24) is 20.0 Å². The average Bonchev–Trinajstić information content (AvgIpc) is 2.88. The van der Waals surface area contributed by atoms with Crippen LogP contribution < -0.4 is 5.32 Å². The molecule has 0 saturated carbocycles. The van der Waals surface area contributed by atoms with Crippen LogP contribution in [0.25, 0.3) is 5.69 Å². The summed E-state index contributed by atoms with van der Waals surface area (Å²) >= 11 is 0. The summed E-state index contributed by atoms with van der Waals surface area (Å²) < 4.78 is 14.6. The Morgan fingerprint density at radius 1 is 1.48 bits per heavy atom. The molecule has 3 rings (SSSR count). The van der Waals surface area contributed by atoms with Crippen LogP contribution in [0.3, 0.4) is 0 Å². The summed E-state index contributed by atoms with van der Waals surface area (Å²) in [5.74, 6) is -0.812. The minimum Gasteiger partial charge on any atom is -0.504 e. The maximum absolute atomic E-state index is 13.2. The van der Waals surface area contributed by atoms with Gasteiger partial charge in [0.1, 0.15) is 5.82 Å². The Morgan fingerprint density at radius 2 is 2.26 bits per heavy atom. The molecule has 1 saturated heterocycles. The number of benzene rings is 1. The van der Waals surface area contributed by atoms with Crippen LogP contribution in [0, 0.1) is 12.7 Å². The standard InChI is InChI=1S/C16H19FN4O2/c1-10-7-12(17)3-4-13(10)21-9-14(22)15(19-21)16(23)20-6-5-18-8-11(20)2/h3-4,7,9,11,18,22H,5-6,8H2,1-2H3/t11-/m0/s1. The van der Waals surface area contributed by atoms with Gasteiger partial charge in [-0.15, -0.1) is 0 Å². The molecule has 1 aromatic heterocycles. The Morgan fingerprint density at radius 3 is 2.96 bits per heavy atom. The molecule has 1 fully saturated rings. The van der Waals surface area contributed by atoms with E-state index in [2.05, 4.69) is 10.4 Å². The number of carbonyl (C=O) groups is 1. The lowest BCUT2D eigenvalue weighted by atomic mass is 10.2. The van der Waals surface area contributed by atoms with Gasteiger partial charge in [-0.3, -0.25) is 4.79 Å². The summed E-state index contributed by atoms with van der Waals surface area (Å²) in [7, 11) is 0. The van der Waals surface area contributed by atoms with Crippen LogP contribution in [0.5, 0.6) is 5.75 Å². The summed E-state index contributed by atoms with van der Waals surface area (Å²) in [6.07, 6.45) is 1.38. The highest BCUT2D eigenvalue weighted by molar-refractivity contribution is 5.95. The Hall–Kier alpha value is -2.41. The number of aromatic hydroxyl groups is 1. The van der Waals surface area contributed by atoms with E-state index in [0.29, 0.717) is 30.9 Å². The van der Waals surface area contributed by atoms with Gasteiger partial charge in [-0.2, -0.15) is 5.10 Å². The maximum atomic E-state index is 13.2. The van der Waals surface area contributed by atoms with E-state index in [0.717, 1.165) is 0 Å². The number of hydrogen-bond donors (Lipinski definition) is 2. The highest BCUT2D eigenvalue weighted by Gasteiger charge is 2.28. The number of aromatic nitrogens is 2. The molecule has 0 unspecified atom stereocenters. The lowest BCUT2D eigenvalue weighted by molar-refractivity contribution is 0.0646. The molecule has 0 radical (unpaired) electrons. The first kappa shape index (κ1) is 15.5. The molecular weight excluding hydrogens is 299 g/mol. The number of hydrogen-bond acceptors (Lipinski definition) is 4. The molecule has 2 aromatic rings. The Kier molecular flexibility index (Phi) is 4.04. The van der Waals surface area contributed by atoms with Crippen LogP contribution in [0.15, 0.2) is 24.4 Å². The molecule has 6 nitrogen and oxygen atoms in total. The first-order chi connectivity index (χ1) is 11.0. The zero-order valence-electron chi connectivity index (χ0n) is 13.1. The Balaban J connectivity index is 1.93. The quantitative estimate of drug-likeness (QED) is 0.879. The van der Waals surface area contributed by atoms with Crippen LogP contribution in [-0.2, 0) is 0 Å². The van der Waals surface area contributed by atoms with Crippen LogP contribution in [-0.4, -0.2) is 51.4 Å². The van der Waals surface area contributed by atoms with Crippen molar-refractivity contribution in [1.29, 1.82) is 0 Å². The second kappa shape index (κ2) is 6.00. The van der Waals surface area contributed by atoms with Crippen molar-refractivity contribution in [3.63, 3.8) is 0 Å². The fraction of sp³-hybridized carbons (Fsp3) is 0.375. The monoisotopic (exact) mass is 318 g/mol. The lowest BCUT2D eigenvalue weighted by Gasteiger charge is -2.33. The summed E-state index contributed by atoms with van der Waals surface area (Å²) in [6, 6.07) is 4.31. The number of nitrogens with zero attached hydrogens (tertiary/aromatic N) is 3. The molecule has 0 aliphatic carbocycles. The molecule has 2 N–H and O–H groups in total. The van der Waals surface area contributed by atoms with Crippen LogP contribution in [0.1, 0.15) is 23.0 Å². The number of amides is 1. The third-order valence-corrected chi connectivity index (χ3v) is 4.07. The van der Waals surface area contributed by atoms with E-state index in [1.807, 2.05) is 6.92 Å². The van der Waals surface area contributed by atoms with Crippen molar-refractivity contribution in [2.24, 2.45) is 0 Å². The van der Waals surface area contributed by atoms with Gasteiger partial charge in [0.25, 0.3) is 5.91 Å². The van der Waals surface area contributed by atoms with E-state index < -0.39 is 0 Å². The molecule has 23 heavy (non-hydrogen) atoms. The van der Waals surface area contributed by atoms with E-state index in [9.17, 15) is 14.3 Å². The molecule has 122 valence electrons. The van der Waals surface area contributed by atoms with Gasteiger partial charge in [-0.05, 0) is 37.6 Å². The topological polar surface area (TPSA) is 70.4 Å². The molecule has 2 heterocycles. The number of aryl methyl sites for hydroxylation is 1. The second-order valence-corrected chi connectivity index (χ2v) is 5.79. The van der Waals surface area contributed by atoms with Crippen molar-refractivity contribution in [3.8, 4) is 11.4 Å². The molecule has 1 aliphatic rings. The summed E-state index contributed by atoms with van der Waals surface area (Å²) in [6.45, 7) is 5.69. The predicted octanol–water partition coefficient (Wildman–Crippen LogP) is 1.46. The molecular formula is C16H19FN4O2. The van der Waals surface area contributed by atoms with Crippen molar-refractivity contribution in [2.75, 3.05) is 19.6 Å². The minimum atomic E-state index is -0.339. The number of nitrogens with one attached hydrogen (secondary N) is 1. The molecule has 7 heteroatoms. The molecule has 1 aromatic carbocycles. The number of carbonyl (C=O) groups excluding carboxylic acids is 1. The normalized spacial score (nSPS) is 18.2. The number of piperazine rings is 1. The smallest absolute Gasteiger partial charge is 0.278 e. The molecule has 1 atom stereocenters. The van der Waals surface area contributed by atoms with Crippen molar-refractivity contribution >= 4 is 5.91 Å². The summed E-state index contributed by atoms with van der Waals surface area (Å²) in [5.41, 5.74) is 1.30. The minimum absolute atomic E-state index is 0.0162. The third-order valence-electron chi connectivity index (χ3n) is 4.07. The van der Waals surface area contributed by atoms with Crippen LogP contribution >= 0.6 is 0 Å². The van der Waals surface area contributed by atoms with Gasteiger partial charge in [0, 0.05) is 25.7 Å². The van der Waals surface area contributed by atoms with E-state index in [1.165, 1.54) is 23.0 Å². The molecule has 0 spiro atoms. The number of halogens is 1. The third kappa shape index (κ3) is 2.92. The van der Waals surface area contributed by atoms with Gasteiger partial charge < -0.3 is 15.3 Å². The van der Waals surface area contributed by atoms with E-state index in [4.69, 9.17) is 0 Å². The van der Waals surface area contributed by atoms with Crippen LogP contribution in [0.4, 0.5) is 4.39 Å². The van der Waals surface area contributed by atoms with E-state index in [1.54, 1.807) is 17.9 Å². The van der Waals surface area contributed by atoms with Crippen LogP contribution in [0.2, 0.25) is 0 Å². The molecule has 1 amide bonds. The highest BCUT2D eigenvalue weighted by Crippen LogP contribution is 2.23. The van der Waals surface area contributed by atoms with Gasteiger partial charge in [-0.1, -0.05) is 0 Å². The zero-order chi connectivity index (χ0) is 16.6. The largest absolute Gasteiger partial charge is 0.504 e. The Bertz CT molecular complexity index is 744.